The molecule has 0 aliphatic heterocycles. The lowest BCUT2D eigenvalue weighted by atomic mass is 9.91. The molecule has 1 unspecified atom stereocenters. The highest BCUT2D eigenvalue weighted by Crippen LogP contribution is 2.37. The maximum Gasteiger partial charge on any atom is 0.355 e. The first-order valence-corrected chi connectivity index (χ1v) is 12.0. The fourth-order valence-corrected chi connectivity index (χ4v) is 4.13. The van der Waals surface area contributed by atoms with Crippen LogP contribution in [0.2, 0.25) is 10.0 Å². The Bertz CT molecular complexity index is 1610. The Balaban J connectivity index is 1.61. The monoisotopic (exact) mass is 565 g/mol. The third-order valence-electron chi connectivity index (χ3n) is 5.66. The molecule has 10 nitrogen and oxygen atoms in total. The van der Waals surface area contributed by atoms with Gasteiger partial charge >= 0.3 is 5.69 Å². The Morgan fingerprint density at radius 3 is 2.46 bits per heavy atom. The maximum atomic E-state index is 13.9. The second-order valence-corrected chi connectivity index (χ2v) is 9.01. The van der Waals surface area contributed by atoms with Crippen molar-refractivity contribution in [1.29, 1.82) is 5.26 Å². The number of benzene rings is 3. The zero-order valence-corrected chi connectivity index (χ0v) is 21.6. The van der Waals surface area contributed by atoms with E-state index >= 15 is 0 Å². The molecule has 0 aliphatic carbocycles. The van der Waals surface area contributed by atoms with E-state index in [-0.39, 0.29) is 22.2 Å². The van der Waals surface area contributed by atoms with E-state index in [1.54, 1.807) is 37.3 Å². The fourth-order valence-electron chi connectivity index (χ4n) is 3.73. The summed E-state index contributed by atoms with van der Waals surface area (Å²) in [7, 11) is 0. The van der Waals surface area contributed by atoms with Gasteiger partial charge in [0.15, 0.2) is 0 Å². The minimum absolute atomic E-state index is 0.195. The molecule has 13 heteroatoms. The first-order valence-electron chi connectivity index (χ1n) is 11.2. The predicted molar refractivity (Wildman–Crippen MR) is 145 cm³/mol. The van der Waals surface area contributed by atoms with Crippen LogP contribution < -0.4 is 16.2 Å². The quantitative estimate of drug-likeness (QED) is 0.167. The van der Waals surface area contributed by atoms with Crippen LogP contribution in [0.5, 0.6) is 0 Å². The largest absolute Gasteiger partial charge is 0.355 e. The second kappa shape index (κ2) is 11.7. The molecule has 3 N–H and O–H groups in total. The zero-order valence-electron chi connectivity index (χ0n) is 20.1. The van der Waals surface area contributed by atoms with Crippen LogP contribution in [0, 0.1) is 34.2 Å². The molecule has 1 aromatic heterocycles. The van der Waals surface area contributed by atoms with Crippen LogP contribution in [0.25, 0.3) is 0 Å². The van der Waals surface area contributed by atoms with Gasteiger partial charge in [0.1, 0.15) is 12.1 Å². The van der Waals surface area contributed by atoms with E-state index in [4.69, 9.17) is 23.2 Å². The summed E-state index contributed by atoms with van der Waals surface area (Å²) in [5, 5.41) is 25.4. The fraction of sp³-hybridized carbons (Fsp3) is 0.0769. The van der Waals surface area contributed by atoms with E-state index < -0.39 is 28.3 Å². The first-order chi connectivity index (χ1) is 18.7. The molecule has 0 radical (unpaired) electrons. The van der Waals surface area contributed by atoms with Crippen LogP contribution in [0.3, 0.4) is 0 Å². The number of carbonyl (C=O) groups is 1. The topological polar surface area (TPSA) is 146 Å². The zero-order chi connectivity index (χ0) is 28.1. The van der Waals surface area contributed by atoms with Crippen LogP contribution in [0.1, 0.15) is 33.0 Å². The summed E-state index contributed by atoms with van der Waals surface area (Å²) in [5.74, 6) is -2.83. The number of hydrogen-bond acceptors (Lipinski definition) is 8. The van der Waals surface area contributed by atoms with Crippen LogP contribution in [0.4, 0.5) is 27.4 Å². The Morgan fingerprint density at radius 1 is 1.10 bits per heavy atom. The number of aromatic nitrogens is 2. The molecule has 1 heterocycles. The van der Waals surface area contributed by atoms with Crippen LogP contribution in [-0.2, 0) is 0 Å². The van der Waals surface area contributed by atoms with E-state index in [1.807, 2.05) is 0 Å². The van der Waals surface area contributed by atoms with E-state index in [0.717, 1.165) is 12.4 Å². The van der Waals surface area contributed by atoms with E-state index in [2.05, 4.69) is 32.2 Å². The number of nitro groups is 1. The summed E-state index contributed by atoms with van der Waals surface area (Å²) >= 11 is 12.5. The molecule has 0 saturated carbocycles. The van der Waals surface area contributed by atoms with Crippen molar-refractivity contribution in [2.75, 3.05) is 10.7 Å². The summed E-state index contributed by atoms with van der Waals surface area (Å²) in [6.45, 7) is 1.74. The minimum atomic E-state index is -0.860. The molecule has 0 aliphatic rings. The number of aryl methyl sites for hydroxylation is 1. The number of anilines is 3. The van der Waals surface area contributed by atoms with Crippen LogP contribution in [-0.4, -0.2) is 20.8 Å². The Morgan fingerprint density at radius 2 is 1.79 bits per heavy atom. The van der Waals surface area contributed by atoms with Crippen molar-refractivity contribution in [3.05, 3.63) is 115 Å². The minimum Gasteiger partial charge on any atom is -0.334 e. The van der Waals surface area contributed by atoms with Gasteiger partial charge in [-0.25, -0.2) is 14.4 Å². The number of nitrogens with one attached hydrogen (secondary N) is 3. The number of carbonyl (C=O) groups excluding carboxylic acids is 1. The highest BCUT2D eigenvalue weighted by molar-refractivity contribution is 6.32. The van der Waals surface area contributed by atoms with Gasteiger partial charge in [-0.15, -0.1) is 0 Å². The van der Waals surface area contributed by atoms with Gasteiger partial charge in [0.25, 0.3) is 5.91 Å². The van der Waals surface area contributed by atoms with Crippen molar-refractivity contribution in [2.45, 2.75) is 12.8 Å². The van der Waals surface area contributed by atoms with Crippen molar-refractivity contribution >= 4 is 52.1 Å². The van der Waals surface area contributed by atoms with Crippen LogP contribution in [0.15, 0.2) is 67.0 Å². The number of hydrazine groups is 1. The maximum absolute atomic E-state index is 13.9. The Labute approximate surface area is 231 Å². The predicted octanol–water partition coefficient (Wildman–Crippen LogP) is 6.30. The number of rotatable bonds is 8. The number of hydrogen-bond donors (Lipinski definition) is 3. The van der Waals surface area contributed by atoms with Crippen molar-refractivity contribution < 1.29 is 14.1 Å². The summed E-state index contributed by atoms with van der Waals surface area (Å²) in [6, 6.07) is 17.6. The summed E-state index contributed by atoms with van der Waals surface area (Å²) in [4.78, 5) is 31.3. The molecular weight excluding hydrogens is 548 g/mol. The number of halogens is 3. The van der Waals surface area contributed by atoms with Gasteiger partial charge in [0.2, 0.25) is 11.6 Å². The molecule has 4 rings (SSSR count). The standard InChI is InChI=1S/C26H18Cl2FN7O3/c1-14-10-18(19(12-30)15-6-8-16(27)9-7-15)20(28)11-22(14)33-24-23(36(38)39)25(32-13-31-24)34-35-26(37)17-4-2-3-5-21(17)29/h2-11,13,19H,1H3,(H,35,37)(H2,31,32,33,34). The molecule has 39 heavy (non-hydrogen) atoms. The van der Waals surface area contributed by atoms with Crippen molar-refractivity contribution in [2.24, 2.45) is 0 Å². The molecule has 0 bridgehead atoms. The van der Waals surface area contributed by atoms with Gasteiger partial charge < -0.3 is 5.32 Å². The third-order valence-corrected chi connectivity index (χ3v) is 6.24. The normalized spacial score (nSPS) is 11.3. The molecule has 0 saturated heterocycles. The van der Waals surface area contributed by atoms with Crippen molar-refractivity contribution in [3.63, 3.8) is 0 Å². The van der Waals surface area contributed by atoms with Gasteiger partial charge in [0, 0.05) is 15.7 Å². The highest BCUT2D eigenvalue weighted by Gasteiger charge is 2.25. The average Bonchev–Trinajstić information content (AvgIpc) is 2.91. The van der Waals surface area contributed by atoms with Gasteiger partial charge in [-0.3, -0.25) is 25.8 Å². The van der Waals surface area contributed by atoms with Crippen LogP contribution >= 0.6 is 23.2 Å². The molecule has 196 valence electrons. The smallest absolute Gasteiger partial charge is 0.334 e. The highest BCUT2D eigenvalue weighted by atomic mass is 35.5. The van der Waals surface area contributed by atoms with Crippen molar-refractivity contribution in [1.82, 2.24) is 15.4 Å². The summed E-state index contributed by atoms with van der Waals surface area (Å²) in [6.07, 6.45) is 1.05. The molecule has 4 aromatic rings. The van der Waals surface area contributed by atoms with E-state index in [0.29, 0.717) is 27.4 Å². The lowest BCUT2D eigenvalue weighted by Crippen LogP contribution is -2.31. The lowest BCUT2D eigenvalue weighted by Gasteiger charge is -2.17. The average molecular weight is 566 g/mol. The number of nitriles is 1. The summed E-state index contributed by atoms with van der Waals surface area (Å²) in [5.41, 5.74) is 5.96. The Hall–Kier alpha value is -4.79. The molecule has 0 spiro atoms. The Kier molecular flexibility index (Phi) is 8.19. The van der Waals surface area contributed by atoms with E-state index in [1.165, 1.54) is 24.3 Å². The van der Waals surface area contributed by atoms with E-state index in [9.17, 15) is 24.6 Å². The third kappa shape index (κ3) is 6.04. The number of nitrogens with zero attached hydrogens (tertiary/aromatic N) is 4. The lowest BCUT2D eigenvalue weighted by molar-refractivity contribution is -0.383. The summed E-state index contributed by atoms with van der Waals surface area (Å²) < 4.78 is 13.9. The molecule has 3 aromatic carbocycles. The molecule has 1 atom stereocenters. The van der Waals surface area contributed by atoms with Gasteiger partial charge in [0.05, 0.1) is 22.5 Å². The van der Waals surface area contributed by atoms with Gasteiger partial charge in [-0.2, -0.15) is 5.26 Å². The first kappa shape index (κ1) is 27.3. The van der Waals surface area contributed by atoms with Gasteiger partial charge in [-0.1, -0.05) is 53.5 Å². The van der Waals surface area contributed by atoms with Gasteiger partial charge in [-0.05, 0) is 53.9 Å². The molecule has 0 fully saturated rings. The molecule has 1 amide bonds. The second-order valence-electron chi connectivity index (χ2n) is 8.16. The SMILES string of the molecule is Cc1cc(C(C#N)c2ccc(Cl)cc2)c(Cl)cc1Nc1ncnc(NNC(=O)c2ccccc2F)c1[N+](=O)[O-]. The van der Waals surface area contributed by atoms with Crippen molar-refractivity contribution in [3.8, 4) is 6.07 Å². The molecular formula is C26H18Cl2FN7O3. The number of amides is 1.